The zero-order valence-corrected chi connectivity index (χ0v) is 22.9. The molecule has 5 nitrogen and oxygen atoms in total. The van der Waals surface area contributed by atoms with Gasteiger partial charge in [0.1, 0.15) is 0 Å². The van der Waals surface area contributed by atoms with E-state index in [4.69, 9.17) is 4.74 Å². The molecule has 35 heavy (non-hydrogen) atoms. The van der Waals surface area contributed by atoms with E-state index in [1.807, 2.05) is 27.0 Å². The van der Waals surface area contributed by atoms with Crippen molar-refractivity contribution in [2.45, 2.75) is 83.6 Å². The minimum Gasteiger partial charge on any atom is -0.450 e. The van der Waals surface area contributed by atoms with Crippen molar-refractivity contribution in [3.05, 3.63) is 23.8 Å². The average Bonchev–Trinajstić information content (AvgIpc) is 3.01. The van der Waals surface area contributed by atoms with E-state index in [1.165, 1.54) is 33.7 Å². The summed E-state index contributed by atoms with van der Waals surface area (Å²) in [5.41, 5.74) is -4.62. The van der Waals surface area contributed by atoms with Crippen LogP contribution in [0, 0.1) is 28.6 Å². The number of alkyl halides is 1. The highest BCUT2D eigenvalue weighted by molar-refractivity contribution is 8.76. The van der Waals surface area contributed by atoms with Gasteiger partial charge in [-0.25, -0.2) is 4.39 Å². The molecular formula is C27H37FO5S2. The van der Waals surface area contributed by atoms with Crippen LogP contribution in [0.3, 0.4) is 0 Å². The molecule has 0 saturated heterocycles. The molecule has 4 aliphatic rings. The number of carbonyl (C=O) groups is 3. The molecule has 0 bridgehead atoms. The lowest BCUT2D eigenvalue weighted by molar-refractivity contribution is -0.227. The number of hydrogen-bond donors (Lipinski definition) is 1. The zero-order valence-electron chi connectivity index (χ0n) is 21.3. The number of hydrogen-bond acceptors (Lipinski definition) is 7. The second kappa shape index (κ2) is 9.32. The molecule has 0 aliphatic heterocycles. The highest BCUT2D eigenvalue weighted by atomic mass is 33.1. The van der Waals surface area contributed by atoms with Gasteiger partial charge in [0.2, 0.25) is 0 Å². The van der Waals surface area contributed by atoms with E-state index in [-0.39, 0.29) is 42.0 Å². The number of ether oxygens (including phenoxy) is 1. The lowest BCUT2D eigenvalue weighted by atomic mass is 9.44. The Morgan fingerprint density at radius 1 is 1.29 bits per heavy atom. The molecule has 0 unspecified atom stereocenters. The first-order chi connectivity index (χ1) is 16.4. The molecule has 1 N–H and O–H groups in total. The minimum absolute atomic E-state index is 0.0226. The number of carbonyl (C=O) groups excluding carboxylic acids is 3. The van der Waals surface area contributed by atoms with Crippen LogP contribution in [-0.2, 0) is 19.1 Å². The van der Waals surface area contributed by atoms with E-state index < -0.39 is 40.1 Å². The van der Waals surface area contributed by atoms with Gasteiger partial charge in [-0.2, -0.15) is 0 Å². The summed E-state index contributed by atoms with van der Waals surface area (Å²) in [4.78, 5) is 38.8. The van der Waals surface area contributed by atoms with Crippen molar-refractivity contribution < 1.29 is 28.6 Å². The minimum atomic E-state index is -1.97. The van der Waals surface area contributed by atoms with Crippen LogP contribution in [0.5, 0.6) is 0 Å². The molecule has 4 rings (SSSR count). The fraction of sp³-hybridized carbons (Fsp3) is 0.741. The van der Waals surface area contributed by atoms with E-state index in [1.54, 1.807) is 13.0 Å². The van der Waals surface area contributed by atoms with Crippen LogP contribution in [-0.4, -0.2) is 52.0 Å². The number of rotatable bonds is 7. The van der Waals surface area contributed by atoms with Gasteiger partial charge in [0.05, 0.1) is 11.9 Å². The van der Waals surface area contributed by atoms with E-state index in [9.17, 15) is 19.5 Å². The molecule has 0 aromatic heterocycles. The summed E-state index contributed by atoms with van der Waals surface area (Å²) in [7, 11) is 2.89. The Kier molecular flexibility index (Phi) is 7.17. The third-order valence-electron chi connectivity index (χ3n) is 9.63. The molecule has 3 saturated carbocycles. The predicted molar refractivity (Wildman–Crippen MR) is 138 cm³/mol. The first-order valence-electron chi connectivity index (χ1n) is 12.6. The van der Waals surface area contributed by atoms with Gasteiger partial charge < -0.3 is 9.84 Å². The van der Waals surface area contributed by atoms with Gasteiger partial charge in [-0.05, 0) is 63.4 Å². The molecule has 4 aliphatic carbocycles. The lowest BCUT2D eigenvalue weighted by Crippen LogP contribution is -2.70. The van der Waals surface area contributed by atoms with Gasteiger partial charge in [-0.3, -0.25) is 14.4 Å². The zero-order chi connectivity index (χ0) is 25.8. The standard InChI is InChI=1S/C27H37FO5S2/c1-6-7-23(32)33-27(22(31)15-35-34-5)16(2)12-20-19-9-8-17-13-18(29)10-11-24(17,3)26(19,28)21(30)14-25(20,27)4/h10-11,13,16,19-21,30H,6-9,12,14-15H2,1-5H3/t16-,19-,20-,21-,24-,25-,26-,27-/m0/s1. The van der Waals surface area contributed by atoms with Crippen molar-refractivity contribution in [3.63, 3.8) is 0 Å². The fourth-order valence-electron chi connectivity index (χ4n) is 8.05. The Labute approximate surface area is 215 Å². The van der Waals surface area contributed by atoms with Crippen LogP contribution >= 0.6 is 21.6 Å². The summed E-state index contributed by atoms with van der Waals surface area (Å²) in [5.74, 6) is -1.59. The van der Waals surface area contributed by atoms with Gasteiger partial charge in [-0.1, -0.05) is 54.0 Å². The number of aliphatic hydroxyl groups is 1. The Hall–Kier alpha value is -1.12. The maximum atomic E-state index is 17.4. The SMILES string of the molecule is CCCC(=O)O[C@]1(C(=O)CSSC)[C@@H](C)C[C@H]2[C@@H]3CCC4=CC(=O)C=C[C@]4(C)[C@@]3(F)[C@@H](O)C[C@@]21C. The van der Waals surface area contributed by atoms with Crippen LogP contribution in [0.1, 0.15) is 66.2 Å². The van der Waals surface area contributed by atoms with Crippen LogP contribution in [0.15, 0.2) is 23.8 Å². The van der Waals surface area contributed by atoms with Gasteiger partial charge in [0.25, 0.3) is 0 Å². The van der Waals surface area contributed by atoms with Crippen molar-refractivity contribution in [2.24, 2.45) is 28.6 Å². The third kappa shape index (κ3) is 3.63. The van der Waals surface area contributed by atoms with Gasteiger partial charge >= 0.3 is 5.97 Å². The molecule has 194 valence electrons. The molecule has 0 aromatic rings. The monoisotopic (exact) mass is 524 g/mol. The predicted octanol–water partition coefficient (Wildman–Crippen LogP) is 5.27. The Morgan fingerprint density at radius 2 is 2.00 bits per heavy atom. The van der Waals surface area contributed by atoms with Crippen molar-refractivity contribution in [3.8, 4) is 0 Å². The average molecular weight is 525 g/mol. The van der Waals surface area contributed by atoms with Crippen LogP contribution in [0.4, 0.5) is 4.39 Å². The van der Waals surface area contributed by atoms with Crippen molar-refractivity contribution >= 4 is 39.1 Å². The summed E-state index contributed by atoms with van der Waals surface area (Å²) in [6.07, 6.45) is 7.53. The maximum Gasteiger partial charge on any atom is 0.306 e. The summed E-state index contributed by atoms with van der Waals surface area (Å²) in [6, 6.07) is 0. The topological polar surface area (TPSA) is 80.7 Å². The smallest absolute Gasteiger partial charge is 0.306 e. The van der Waals surface area contributed by atoms with Gasteiger partial charge in [0, 0.05) is 29.1 Å². The quantitative estimate of drug-likeness (QED) is 0.359. The number of Topliss-reactive ketones (excluding diaryl/α,β-unsaturated/α-hetero) is 1. The first kappa shape index (κ1) is 26.9. The molecular weight excluding hydrogens is 487 g/mol. The number of fused-ring (bicyclic) bond motifs is 5. The molecule has 0 radical (unpaired) electrons. The Balaban J connectivity index is 1.81. The van der Waals surface area contributed by atoms with Gasteiger partial charge in [-0.15, -0.1) is 0 Å². The number of halogens is 1. The van der Waals surface area contributed by atoms with Crippen molar-refractivity contribution in [2.75, 3.05) is 12.0 Å². The van der Waals surface area contributed by atoms with E-state index in [0.29, 0.717) is 25.7 Å². The maximum absolute atomic E-state index is 17.4. The number of aliphatic hydroxyl groups excluding tert-OH is 1. The molecule has 8 heteroatoms. The lowest BCUT2D eigenvalue weighted by Gasteiger charge is -2.62. The second-order valence-corrected chi connectivity index (χ2v) is 13.8. The summed E-state index contributed by atoms with van der Waals surface area (Å²) < 4.78 is 23.6. The fourth-order valence-corrected chi connectivity index (χ4v) is 9.17. The van der Waals surface area contributed by atoms with Crippen molar-refractivity contribution in [1.82, 2.24) is 0 Å². The molecule has 0 spiro atoms. The summed E-state index contributed by atoms with van der Waals surface area (Å²) in [5, 5.41) is 11.6. The Morgan fingerprint density at radius 3 is 2.66 bits per heavy atom. The van der Waals surface area contributed by atoms with E-state index >= 15 is 4.39 Å². The molecule has 3 fully saturated rings. The van der Waals surface area contributed by atoms with Crippen LogP contribution in [0.2, 0.25) is 0 Å². The molecule has 0 heterocycles. The van der Waals surface area contributed by atoms with E-state index in [0.717, 1.165) is 5.57 Å². The number of ketones is 2. The normalized spacial score (nSPS) is 44.2. The first-order valence-corrected chi connectivity index (χ1v) is 15.4. The van der Waals surface area contributed by atoms with E-state index in [2.05, 4.69) is 0 Å². The highest BCUT2D eigenvalue weighted by Crippen LogP contribution is 2.71. The molecule has 0 aromatic carbocycles. The van der Waals surface area contributed by atoms with Crippen LogP contribution < -0.4 is 0 Å². The highest BCUT2D eigenvalue weighted by Gasteiger charge is 2.77. The number of allylic oxidation sites excluding steroid dienone is 4. The molecule has 0 amide bonds. The summed E-state index contributed by atoms with van der Waals surface area (Å²) in [6.45, 7) is 7.54. The molecule has 8 atom stereocenters. The third-order valence-corrected chi connectivity index (χ3v) is 11.3. The van der Waals surface area contributed by atoms with Crippen molar-refractivity contribution in [1.29, 1.82) is 0 Å². The number of esters is 1. The van der Waals surface area contributed by atoms with Gasteiger partial charge in [0.15, 0.2) is 22.8 Å². The van der Waals surface area contributed by atoms with Crippen LogP contribution in [0.25, 0.3) is 0 Å². The largest absolute Gasteiger partial charge is 0.450 e. The second-order valence-electron chi connectivity index (χ2n) is 11.2. The summed E-state index contributed by atoms with van der Waals surface area (Å²) >= 11 is 0. The Bertz CT molecular complexity index is 981.